The van der Waals surface area contributed by atoms with E-state index in [-0.39, 0.29) is 12.1 Å². The zero-order valence-electron chi connectivity index (χ0n) is 11.3. The molecule has 0 bridgehead atoms. The SMILES string of the molecule is CC(C)CNC(=O)NC1CCCN(S(C)(=O)=O)C1. The van der Waals surface area contributed by atoms with Crippen molar-refractivity contribution in [2.45, 2.75) is 32.7 Å². The van der Waals surface area contributed by atoms with Crippen molar-refractivity contribution in [3.05, 3.63) is 0 Å². The number of urea groups is 1. The topological polar surface area (TPSA) is 78.5 Å². The second-order valence-electron chi connectivity index (χ2n) is 5.21. The summed E-state index contributed by atoms with van der Waals surface area (Å²) in [5.41, 5.74) is 0. The van der Waals surface area contributed by atoms with Gasteiger partial charge in [-0.15, -0.1) is 0 Å². The molecule has 2 amide bonds. The molecule has 1 saturated heterocycles. The first-order valence-electron chi connectivity index (χ1n) is 6.28. The van der Waals surface area contributed by atoms with Crippen LogP contribution in [0.2, 0.25) is 0 Å². The van der Waals surface area contributed by atoms with E-state index in [1.807, 2.05) is 13.8 Å². The number of carbonyl (C=O) groups is 1. The van der Waals surface area contributed by atoms with Crippen LogP contribution >= 0.6 is 0 Å². The summed E-state index contributed by atoms with van der Waals surface area (Å²) < 4.78 is 24.3. The molecule has 1 atom stereocenters. The molecule has 0 aromatic rings. The molecule has 0 radical (unpaired) electrons. The third-order valence-corrected chi connectivity index (χ3v) is 4.13. The van der Waals surface area contributed by atoms with Crippen molar-refractivity contribution in [1.29, 1.82) is 0 Å². The van der Waals surface area contributed by atoms with Gasteiger partial charge in [0.15, 0.2) is 0 Å². The Kier molecular flexibility index (Phi) is 5.40. The highest BCUT2D eigenvalue weighted by Gasteiger charge is 2.26. The molecule has 6 nitrogen and oxygen atoms in total. The van der Waals surface area contributed by atoms with Gasteiger partial charge < -0.3 is 10.6 Å². The summed E-state index contributed by atoms with van der Waals surface area (Å²) in [7, 11) is -3.16. The molecule has 1 aliphatic rings. The number of amides is 2. The minimum absolute atomic E-state index is 0.0966. The number of nitrogens with one attached hydrogen (secondary N) is 2. The maximum Gasteiger partial charge on any atom is 0.315 e. The van der Waals surface area contributed by atoms with Crippen LogP contribution in [0.5, 0.6) is 0 Å². The number of hydrogen-bond acceptors (Lipinski definition) is 3. The number of hydrogen-bond donors (Lipinski definition) is 2. The van der Waals surface area contributed by atoms with Crippen LogP contribution in [0.1, 0.15) is 26.7 Å². The van der Waals surface area contributed by atoms with Gasteiger partial charge in [-0.25, -0.2) is 17.5 Å². The van der Waals surface area contributed by atoms with Gasteiger partial charge in [0, 0.05) is 25.7 Å². The first kappa shape index (κ1) is 15.2. The van der Waals surface area contributed by atoms with E-state index in [0.717, 1.165) is 12.8 Å². The fourth-order valence-electron chi connectivity index (χ4n) is 1.89. The second-order valence-corrected chi connectivity index (χ2v) is 7.19. The average molecular weight is 277 g/mol. The maximum atomic E-state index is 11.6. The lowest BCUT2D eigenvalue weighted by molar-refractivity contribution is 0.225. The number of rotatable bonds is 4. The van der Waals surface area contributed by atoms with Crippen LogP contribution in [-0.4, -0.2) is 50.7 Å². The van der Waals surface area contributed by atoms with Gasteiger partial charge in [0.25, 0.3) is 0 Å². The lowest BCUT2D eigenvalue weighted by Gasteiger charge is -2.31. The third kappa shape index (κ3) is 5.22. The highest BCUT2D eigenvalue weighted by Crippen LogP contribution is 2.12. The summed E-state index contributed by atoms with van der Waals surface area (Å²) in [6, 6.07) is -0.315. The molecular formula is C11H23N3O3S. The van der Waals surface area contributed by atoms with E-state index < -0.39 is 10.0 Å². The Hall–Kier alpha value is -0.820. The Labute approximate surface area is 109 Å². The van der Waals surface area contributed by atoms with E-state index in [1.165, 1.54) is 10.6 Å². The smallest absolute Gasteiger partial charge is 0.315 e. The van der Waals surface area contributed by atoms with Gasteiger partial charge in [-0.05, 0) is 18.8 Å². The van der Waals surface area contributed by atoms with Gasteiger partial charge in [-0.2, -0.15) is 0 Å². The highest BCUT2D eigenvalue weighted by molar-refractivity contribution is 7.88. The van der Waals surface area contributed by atoms with Crippen LogP contribution in [0.25, 0.3) is 0 Å². The lowest BCUT2D eigenvalue weighted by atomic mass is 10.1. The second kappa shape index (κ2) is 6.38. The van der Waals surface area contributed by atoms with Crippen LogP contribution in [0, 0.1) is 5.92 Å². The average Bonchev–Trinajstić information content (AvgIpc) is 2.25. The van der Waals surface area contributed by atoms with Gasteiger partial charge >= 0.3 is 6.03 Å². The van der Waals surface area contributed by atoms with Crippen LogP contribution in [0.15, 0.2) is 0 Å². The van der Waals surface area contributed by atoms with Crippen molar-refractivity contribution in [2.75, 3.05) is 25.9 Å². The third-order valence-electron chi connectivity index (χ3n) is 2.86. The van der Waals surface area contributed by atoms with E-state index in [1.54, 1.807) is 0 Å². The number of sulfonamides is 1. The molecule has 1 unspecified atom stereocenters. The zero-order valence-corrected chi connectivity index (χ0v) is 12.1. The van der Waals surface area contributed by atoms with Crippen molar-refractivity contribution in [2.24, 2.45) is 5.92 Å². The number of carbonyl (C=O) groups excluding carboxylic acids is 1. The van der Waals surface area contributed by atoms with Crippen molar-refractivity contribution < 1.29 is 13.2 Å². The molecule has 1 heterocycles. The summed E-state index contributed by atoms with van der Waals surface area (Å²) in [6.45, 7) is 5.57. The summed E-state index contributed by atoms with van der Waals surface area (Å²) >= 11 is 0. The van der Waals surface area contributed by atoms with Gasteiger partial charge in [-0.3, -0.25) is 0 Å². The van der Waals surface area contributed by atoms with Crippen molar-refractivity contribution >= 4 is 16.1 Å². The van der Waals surface area contributed by atoms with E-state index in [4.69, 9.17) is 0 Å². The van der Waals surface area contributed by atoms with E-state index >= 15 is 0 Å². The van der Waals surface area contributed by atoms with Crippen LogP contribution in [-0.2, 0) is 10.0 Å². The highest BCUT2D eigenvalue weighted by atomic mass is 32.2. The maximum absolute atomic E-state index is 11.6. The van der Waals surface area contributed by atoms with E-state index in [2.05, 4.69) is 10.6 Å². The van der Waals surface area contributed by atoms with Crippen molar-refractivity contribution in [3.8, 4) is 0 Å². The molecule has 1 aliphatic heterocycles. The van der Waals surface area contributed by atoms with Gasteiger partial charge in [-0.1, -0.05) is 13.8 Å². The minimum Gasteiger partial charge on any atom is -0.338 e. The predicted molar refractivity (Wildman–Crippen MR) is 70.8 cm³/mol. The Morgan fingerprint density at radius 2 is 2.11 bits per heavy atom. The lowest BCUT2D eigenvalue weighted by Crippen LogP contribution is -2.51. The Morgan fingerprint density at radius 1 is 1.44 bits per heavy atom. The Balaban J connectivity index is 2.41. The molecular weight excluding hydrogens is 254 g/mol. The minimum atomic E-state index is -3.16. The summed E-state index contributed by atoms with van der Waals surface area (Å²) in [5.74, 6) is 0.398. The normalized spacial score (nSPS) is 21.9. The zero-order chi connectivity index (χ0) is 13.8. The molecule has 0 aromatic heterocycles. The van der Waals surface area contributed by atoms with Crippen LogP contribution < -0.4 is 10.6 Å². The molecule has 2 N–H and O–H groups in total. The predicted octanol–water partition coefficient (Wildman–Crippen LogP) is 0.366. The molecule has 1 rings (SSSR count). The molecule has 0 aliphatic carbocycles. The van der Waals surface area contributed by atoms with Crippen LogP contribution in [0.4, 0.5) is 4.79 Å². The first-order chi connectivity index (χ1) is 8.29. The van der Waals surface area contributed by atoms with Gasteiger partial charge in [0.05, 0.1) is 6.26 Å². The standard InChI is InChI=1S/C11H23N3O3S/c1-9(2)7-12-11(15)13-10-5-4-6-14(8-10)18(3,16)17/h9-10H,4-8H2,1-3H3,(H2,12,13,15). The molecule has 106 valence electrons. The summed E-state index contributed by atoms with van der Waals surface area (Å²) in [6.07, 6.45) is 2.80. The fraction of sp³-hybridized carbons (Fsp3) is 0.909. The molecule has 0 saturated carbocycles. The largest absolute Gasteiger partial charge is 0.338 e. The van der Waals surface area contributed by atoms with E-state index in [0.29, 0.717) is 25.6 Å². The fourth-order valence-corrected chi connectivity index (χ4v) is 2.81. The van der Waals surface area contributed by atoms with Crippen molar-refractivity contribution in [3.63, 3.8) is 0 Å². The summed E-state index contributed by atoms with van der Waals surface area (Å²) in [4.78, 5) is 11.6. The monoisotopic (exact) mass is 277 g/mol. The molecule has 7 heteroatoms. The molecule has 1 fully saturated rings. The van der Waals surface area contributed by atoms with Gasteiger partial charge in [0.1, 0.15) is 0 Å². The quantitative estimate of drug-likeness (QED) is 0.779. The molecule has 18 heavy (non-hydrogen) atoms. The van der Waals surface area contributed by atoms with Crippen molar-refractivity contribution in [1.82, 2.24) is 14.9 Å². The number of piperidine rings is 1. The number of nitrogens with zero attached hydrogens (tertiary/aromatic N) is 1. The summed E-state index contributed by atoms with van der Waals surface area (Å²) in [5, 5.41) is 5.59. The Bertz CT molecular complexity index is 381. The first-order valence-corrected chi connectivity index (χ1v) is 8.13. The van der Waals surface area contributed by atoms with E-state index in [9.17, 15) is 13.2 Å². The molecule has 0 spiro atoms. The molecule has 0 aromatic carbocycles. The van der Waals surface area contributed by atoms with Gasteiger partial charge in [0.2, 0.25) is 10.0 Å². The van der Waals surface area contributed by atoms with Crippen LogP contribution in [0.3, 0.4) is 0 Å². The Morgan fingerprint density at radius 3 is 2.67 bits per heavy atom.